The topological polar surface area (TPSA) is 43.8 Å². The highest BCUT2D eigenvalue weighted by atomic mass is 19.1. The average molecular weight is 219 g/mol. The molecular formula is C12H14FN3. The summed E-state index contributed by atoms with van der Waals surface area (Å²) in [4.78, 5) is 0. The Morgan fingerprint density at radius 1 is 1.44 bits per heavy atom. The smallest absolute Gasteiger partial charge is 0.125 e. The van der Waals surface area contributed by atoms with Crippen molar-refractivity contribution in [1.29, 1.82) is 0 Å². The van der Waals surface area contributed by atoms with Crippen molar-refractivity contribution in [1.82, 2.24) is 9.78 Å². The van der Waals surface area contributed by atoms with Gasteiger partial charge in [0.05, 0.1) is 5.69 Å². The highest BCUT2D eigenvalue weighted by molar-refractivity contribution is 5.33. The summed E-state index contributed by atoms with van der Waals surface area (Å²) in [7, 11) is 0. The number of halogens is 1. The third kappa shape index (κ3) is 1.97. The number of aromatic nitrogens is 2. The molecule has 0 amide bonds. The van der Waals surface area contributed by atoms with Gasteiger partial charge in [0.1, 0.15) is 5.82 Å². The zero-order chi connectivity index (χ0) is 11.5. The van der Waals surface area contributed by atoms with Gasteiger partial charge in [0.25, 0.3) is 0 Å². The molecule has 2 N–H and O–H groups in total. The van der Waals surface area contributed by atoms with Crippen molar-refractivity contribution >= 4 is 0 Å². The van der Waals surface area contributed by atoms with Crippen molar-refractivity contribution < 1.29 is 4.39 Å². The van der Waals surface area contributed by atoms with E-state index in [0.717, 1.165) is 11.4 Å². The van der Waals surface area contributed by atoms with Crippen molar-refractivity contribution in [3.63, 3.8) is 0 Å². The summed E-state index contributed by atoms with van der Waals surface area (Å²) in [5.41, 5.74) is 7.34. The number of hydrogen-bond acceptors (Lipinski definition) is 2. The van der Waals surface area contributed by atoms with Gasteiger partial charge >= 0.3 is 0 Å². The van der Waals surface area contributed by atoms with Gasteiger partial charge in [-0.15, -0.1) is 0 Å². The molecule has 1 atom stereocenters. The third-order valence-electron chi connectivity index (χ3n) is 2.58. The molecule has 0 saturated heterocycles. The molecule has 0 bridgehead atoms. The molecule has 0 aliphatic carbocycles. The molecule has 4 heteroatoms. The molecule has 0 aliphatic heterocycles. The first kappa shape index (κ1) is 10.8. The molecule has 84 valence electrons. The minimum Gasteiger partial charge on any atom is -0.330 e. The SMILES string of the molecule is CC(CN)c1ccnn1-c1cccc(F)c1. The maximum Gasteiger partial charge on any atom is 0.125 e. The fourth-order valence-corrected chi connectivity index (χ4v) is 1.63. The quantitative estimate of drug-likeness (QED) is 0.858. The average Bonchev–Trinajstić information content (AvgIpc) is 2.77. The molecule has 0 spiro atoms. The Morgan fingerprint density at radius 3 is 2.94 bits per heavy atom. The van der Waals surface area contributed by atoms with E-state index in [0.29, 0.717) is 6.54 Å². The largest absolute Gasteiger partial charge is 0.330 e. The highest BCUT2D eigenvalue weighted by Gasteiger charge is 2.11. The molecule has 2 aromatic rings. The van der Waals surface area contributed by atoms with Crippen LogP contribution >= 0.6 is 0 Å². The van der Waals surface area contributed by atoms with Crippen LogP contribution in [0.2, 0.25) is 0 Å². The van der Waals surface area contributed by atoms with E-state index in [9.17, 15) is 4.39 Å². The number of benzene rings is 1. The number of nitrogens with two attached hydrogens (primary N) is 1. The standard InChI is InChI=1S/C12H14FN3/c1-9(8-14)12-5-6-15-16(12)11-4-2-3-10(13)7-11/h2-7,9H,8,14H2,1H3. The lowest BCUT2D eigenvalue weighted by Crippen LogP contribution is -2.13. The molecule has 2 rings (SSSR count). The summed E-state index contributed by atoms with van der Waals surface area (Å²) >= 11 is 0. The molecule has 3 nitrogen and oxygen atoms in total. The van der Waals surface area contributed by atoms with Gasteiger partial charge in [0.2, 0.25) is 0 Å². The first-order valence-electron chi connectivity index (χ1n) is 5.22. The van der Waals surface area contributed by atoms with Gasteiger partial charge < -0.3 is 5.73 Å². The lowest BCUT2D eigenvalue weighted by atomic mass is 10.1. The zero-order valence-electron chi connectivity index (χ0n) is 9.10. The van der Waals surface area contributed by atoms with E-state index in [4.69, 9.17) is 5.73 Å². The second kappa shape index (κ2) is 4.45. The van der Waals surface area contributed by atoms with E-state index in [-0.39, 0.29) is 11.7 Å². The van der Waals surface area contributed by atoms with Gasteiger partial charge in [0.15, 0.2) is 0 Å². The lowest BCUT2D eigenvalue weighted by molar-refractivity contribution is 0.622. The van der Waals surface area contributed by atoms with Gasteiger partial charge in [-0.3, -0.25) is 0 Å². The van der Waals surface area contributed by atoms with Crippen LogP contribution < -0.4 is 5.73 Å². The molecule has 1 unspecified atom stereocenters. The molecule has 0 saturated carbocycles. The van der Waals surface area contributed by atoms with Crippen LogP contribution in [-0.4, -0.2) is 16.3 Å². The lowest BCUT2D eigenvalue weighted by Gasteiger charge is -2.12. The Kier molecular flexibility index (Phi) is 3.01. The summed E-state index contributed by atoms with van der Waals surface area (Å²) < 4.78 is 14.8. The number of hydrogen-bond donors (Lipinski definition) is 1. The van der Waals surface area contributed by atoms with Crippen LogP contribution in [0.4, 0.5) is 4.39 Å². The Bertz CT molecular complexity index is 479. The van der Waals surface area contributed by atoms with Crippen LogP contribution in [0.5, 0.6) is 0 Å². The molecule has 1 aromatic carbocycles. The van der Waals surface area contributed by atoms with Crippen LogP contribution in [0.1, 0.15) is 18.5 Å². The predicted molar refractivity (Wildman–Crippen MR) is 61.0 cm³/mol. The van der Waals surface area contributed by atoms with Crippen molar-refractivity contribution in [2.75, 3.05) is 6.54 Å². The van der Waals surface area contributed by atoms with Crippen LogP contribution in [0.15, 0.2) is 36.5 Å². The fourth-order valence-electron chi connectivity index (χ4n) is 1.63. The van der Waals surface area contributed by atoms with Gasteiger partial charge in [-0.2, -0.15) is 5.10 Å². The normalized spacial score (nSPS) is 12.7. The maximum atomic E-state index is 13.1. The van der Waals surface area contributed by atoms with Crippen LogP contribution in [0, 0.1) is 5.82 Å². The highest BCUT2D eigenvalue weighted by Crippen LogP contribution is 2.18. The third-order valence-corrected chi connectivity index (χ3v) is 2.58. The molecule has 16 heavy (non-hydrogen) atoms. The number of rotatable bonds is 3. The molecule has 0 aliphatic rings. The Hall–Kier alpha value is -1.68. The summed E-state index contributed by atoms with van der Waals surface area (Å²) in [6.45, 7) is 2.56. The van der Waals surface area contributed by atoms with E-state index in [1.165, 1.54) is 12.1 Å². The Morgan fingerprint density at radius 2 is 2.25 bits per heavy atom. The molecular weight excluding hydrogens is 205 g/mol. The van der Waals surface area contributed by atoms with E-state index in [1.807, 2.05) is 19.1 Å². The van der Waals surface area contributed by atoms with E-state index in [2.05, 4.69) is 5.10 Å². The maximum absolute atomic E-state index is 13.1. The second-order valence-electron chi connectivity index (χ2n) is 3.78. The second-order valence-corrected chi connectivity index (χ2v) is 3.78. The summed E-state index contributed by atoms with van der Waals surface area (Å²) in [5, 5.41) is 4.19. The first-order chi connectivity index (χ1) is 7.72. The molecule has 0 radical (unpaired) electrons. The molecule has 0 fully saturated rings. The van der Waals surface area contributed by atoms with Crippen molar-refractivity contribution in [2.45, 2.75) is 12.8 Å². The van der Waals surface area contributed by atoms with Crippen LogP contribution in [-0.2, 0) is 0 Å². The monoisotopic (exact) mass is 219 g/mol. The van der Waals surface area contributed by atoms with Gasteiger partial charge in [0, 0.05) is 24.4 Å². The summed E-state index contributed by atoms with van der Waals surface area (Å²) in [6.07, 6.45) is 1.70. The first-order valence-corrected chi connectivity index (χ1v) is 5.22. The molecule has 1 heterocycles. The predicted octanol–water partition coefficient (Wildman–Crippen LogP) is 2.07. The van der Waals surface area contributed by atoms with Gasteiger partial charge in [-0.05, 0) is 24.3 Å². The minimum atomic E-state index is -0.264. The van der Waals surface area contributed by atoms with E-state index < -0.39 is 0 Å². The van der Waals surface area contributed by atoms with Gasteiger partial charge in [-0.1, -0.05) is 13.0 Å². The van der Waals surface area contributed by atoms with E-state index in [1.54, 1.807) is 16.9 Å². The fraction of sp³-hybridized carbons (Fsp3) is 0.250. The van der Waals surface area contributed by atoms with Crippen molar-refractivity contribution in [2.24, 2.45) is 5.73 Å². The van der Waals surface area contributed by atoms with Crippen molar-refractivity contribution in [3.05, 3.63) is 48.0 Å². The van der Waals surface area contributed by atoms with Gasteiger partial charge in [-0.25, -0.2) is 9.07 Å². The molecule has 1 aromatic heterocycles. The minimum absolute atomic E-state index is 0.200. The Labute approximate surface area is 93.7 Å². The summed E-state index contributed by atoms with van der Waals surface area (Å²) in [5.74, 6) is -0.0647. The number of nitrogens with zero attached hydrogens (tertiary/aromatic N) is 2. The van der Waals surface area contributed by atoms with Crippen molar-refractivity contribution in [3.8, 4) is 5.69 Å². The van der Waals surface area contributed by atoms with Crippen LogP contribution in [0.25, 0.3) is 5.69 Å². The summed E-state index contributed by atoms with van der Waals surface area (Å²) in [6, 6.07) is 8.27. The van der Waals surface area contributed by atoms with Crippen LogP contribution in [0.3, 0.4) is 0 Å². The van der Waals surface area contributed by atoms with E-state index >= 15 is 0 Å². The Balaban J connectivity index is 2.44. The zero-order valence-corrected chi connectivity index (χ0v) is 9.10.